The molecule has 0 aliphatic rings. The number of amides is 1. The molecule has 19 heavy (non-hydrogen) atoms. The number of aryl methyl sites for hydroxylation is 1. The van der Waals surface area contributed by atoms with Crippen molar-refractivity contribution in [2.75, 3.05) is 0 Å². The van der Waals surface area contributed by atoms with Gasteiger partial charge in [-0.2, -0.15) is 0 Å². The van der Waals surface area contributed by atoms with Crippen LogP contribution in [0, 0.1) is 0 Å². The molecule has 0 fully saturated rings. The highest BCUT2D eigenvalue weighted by Crippen LogP contribution is 2.08. The van der Waals surface area contributed by atoms with E-state index in [0.29, 0.717) is 5.56 Å². The van der Waals surface area contributed by atoms with E-state index in [1.807, 2.05) is 0 Å². The highest BCUT2D eigenvalue weighted by molar-refractivity contribution is 5.94. The van der Waals surface area contributed by atoms with Crippen molar-refractivity contribution >= 4 is 5.91 Å². The average molecular weight is 264 g/mol. The second-order valence-electron chi connectivity index (χ2n) is 4.97. The second kappa shape index (κ2) is 7.77. The maximum Gasteiger partial charge on any atom is 0.251 e. The fraction of sp³-hybridized carbons (Fsp3) is 0.600. The quantitative estimate of drug-likeness (QED) is 0.822. The Bertz CT molecular complexity index is 465. The molecule has 0 saturated heterocycles. The van der Waals surface area contributed by atoms with E-state index < -0.39 is 0 Å². The van der Waals surface area contributed by atoms with Gasteiger partial charge in [-0.3, -0.25) is 9.59 Å². The molecule has 1 aromatic rings. The molecule has 0 radical (unpaired) electrons. The number of rotatable bonds is 7. The van der Waals surface area contributed by atoms with Crippen LogP contribution in [0.4, 0.5) is 0 Å². The van der Waals surface area contributed by atoms with E-state index in [2.05, 4.69) is 19.2 Å². The Morgan fingerprint density at radius 2 is 2.05 bits per heavy atom. The number of carbonyl (C=O) groups is 1. The summed E-state index contributed by atoms with van der Waals surface area (Å²) >= 11 is 0. The Balaban J connectivity index is 2.69. The summed E-state index contributed by atoms with van der Waals surface area (Å²) in [6.07, 6.45) is 6.89. The Labute approximate surface area is 114 Å². The predicted molar refractivity (Wildman–Crippen MR) is 77.4 cm³/mol. The zero-order valence-corrected chi connectivity index (χ0v) is 12.1. The maximum atomic E-state index is 12.1. The van der Waals surface area contributed by atoms with Crippen LogP contribution >= 0.6 is 0 Å². The van der Waals surface area contributed by atoms with Gasteiger partial charge in [-0.1, -0.05) is 33.1 Å². The summed E-state index contributed by atoms with van der Waals surface area (Å²) in [7, 11) is 1.67. The molecule has 0 spiro atoms. The zero-order chi connectivity index (χ0) is 14.3. The van der Waals surface area contributed by atoms with Gasteiger partial charge in [0.05, 0.1) is 0 Å². The van der Waals surface area contributed by atoms with Crippen molar-refractivity contribution in [1.82, 2.24) is 9.88 Å². The number of aromatic nitrogens is 1. The Kier molecular flexibility index (Phi) is 6.33. The number of nitrogens with zero attached hydrogens (tertiary/aromatic N) is 1. The molecule has 0 aliphatic heterocycles. The van der Waals surface area contributed by atoms with Crippen molar-refractivity contribution in [3.8, 4) is 0 Å². The molecule has 0 bridgehead atoms. The lowest BCUT2D eigenvalue weighted by Gasteiger charge is -2.17. The molecule has 4 heteroatoms. The van der Waals surface area contributed by atoms with Crippen LogP contribution in [0.3, 0.4) is 0 Å². The number of pyridine rings is 1. The SMILES string of the molecule is CCCCC(CCC)NC(=O)c1ccn(C)c(=O)c1. The van der Waals surface area contributed by atoms with Gasteiger partial charge in [0, 0.05) is 30.9 Å². The minimum Gasteiger partial charge on any atom is -0.349 e. The molecule has 1 rings (SSSR count). The highest BCUT2D eigenvalue weighted by Gasteiger charge is 2.13. The van der Waals surface area contributed by atoms with Crippen molar-refractivity contribution in [2.45, 2.75) is 52.0 Å². The van der Waals surface area contributed by atoms with Gasteiger partial charge in [0.1, 0.15) is 0 Å². The van der Waals surface area contributed by atoms with Crippen LogP contribution < -0.4 is 10.9 Å². The zero-order valence-electron chi connectivity index (χ0n) is 12.1. The van der Waals surface area contributed by atoms with E-state index >= 15 is 0 Å². The molecule has 0 aromatic carbocycles. The van der Waals surface area contributed by atoms with E-state index in [1.165, 1.54) is 10.6 Å². The molecule has 4 nitrogen and oxygen atoms in total. The van der Waals surface area contributed by atoms with E-state index in [1.54, 1.807) is 19.3 Å². The molecule has 1 atom stereocenters. The van der Waals surface area contributed by atoms with Gasteiger partial charge >= 0.3 is 0 Å². The molecule has 1 aromatic heterocycles. The third kappa shape index (κ3) is 4.89. The van der Waals surface area contributed by atoms with Gasteiger partial charge in [-0.25, -0.2) is 0 Å². The minimum atomic E-state index is -0.159. The molecular formula is C15H24N2O2. The first-order valence-corrected chi connectivity index (χ1v) is 7.06. The van der Waals surface area contributed by atoms with Crippen LogP contribution in [-0.2, 0) is 7.05 Å². The van der Waals surface area contributed by atoms with E-state index in [4.69, 9.17) is 0 Å². The highest BCUT2D eigenvalue weighted by atomic mass is 16.2. The van der Waals surface area contributed by atoms with Gasteiger partial charge in [0.2, 0.25) is 0 Å². The average Bonchev–Trinajstić information content (AvgIpc) is 2.39. The fourth-order valence-electron chi connectivity index (χ4n) is 2.05. The van der Waals surface area contributed by atoms with Crippen molar-refractivity contribution < 1.29 is 4.79 Å². The number of nitrogens with one attached hydrogen (secondary N) is 1. The standard InChI is InChI=1S/C15H24N2O2/c1-4-6-8-13(7-5-2)16-15(19)12-9-10-17(3)14(18)11-12/h9-11,13H,4-8H2,1-3H3,(H,16,19). The molecule has 1 N–H and O–H groups in total. The summed E-state index contributed by atoms with van der Waals surface area (Å²) < 4.78 is 1.46. The minimum absolute atomic E-state index is 0.146. The van der Waals surface area contributed by atoms with Crippen LogP contribution in [0.25, 0.3) is 0 Å². The number of hydrogen-bond acceptors (Lipinski definition) is 2. The van der Waals surface area contributed by atoms with Crippen LogP contribution in [0.5, 0.6) is 0 Å². The largest absolute Gasteiger partial charge is 0.349 e. The molecule has 0 aliphatic carbocycles. The number of unbranched alkanes of at least 4 members (excludes halogenated alkanes) is 1. The summed E-state index contributed by atoms with van der Waals surface area (Å²) in [4.78, 5) is 23.6. The van der Waals surface area contributed by atoms with Crippen molar-refractivity contribution in [3.63, 3.8) is 0 Å². The smallest absolute Gasteiger partial charge is 0.251 e. The molecular weight excluding hydrogens is 240 g/mol. The third-order valence-electron chi connectivity index (χ3n) is 3.24. The lowest BCUT2D eigenvalue weighted by Crippen LogP contribution is -2.35. The van der Waals surface area contributed by atoms with E-state index in [-0.39, 0.29) is 17.5 Å². The summed E-state index contributed by atoms with van der Waals surface area (Å²) in [5.41, 5.74) is 0.286. The molecule has 106 valence electrons. The summed E-state index contributed by atoms with van der Waals surface area (Å²) in [6, 6.07) is 3.28. The predicted octanol–water partition coefficient (Wildman–Crippen LogP) is 2.47. The Hall–Kier alpha value is -1.58. The van der Waals surface area contributed by atoms with Crippen LogP contribution in [0.1, 0.15) is 56.3 Å². The van der Waals surface area contributed by atoms with Crippen LogP contribution in [0.15, 0.2) is 23.1 Å². The maximum absolute atomic E-state index is 12.1. The van der Waals surface area contributed by atoms with Crippen molar-refractivity contribution in [1.29, 1.82) is 0 Å². The van der Waals surface area contributed by atoms with Crippen LogP contribution in [-0.4, -0.2) is 16.5 Å². The number of hydrogen-bond donors (Lipinski definition) is 1. The number of carbonyl (C=O) groups excluding carboxylic acids is 1. The summed E-state index contributed by atoms with van der Waals surface area (Å²) in [6.45, 7) is 4.26. The van der Waals surface area contributed by atoms with E-state index in [0.717, 1.165) is 32.1 Å². The molecule has 1 amide bonds. The first-order chi connectivity index (χ1) is 9.08. The van der Waals surface area contributed by atoms with Crippen molar-refractivity contribution in [2.24, 2.45) is 7.05 Å². The van der Waals surface area contributed by atoms with Gasteiger partial charge in [0.15, 0.2) is 0 Å². The van der Waals surface area contributed by atoms with E-state index in [9.17, 15) is 9.59 Å². The van der Waals surface area contributed by atoms with Gasteiger partial charge < -0.3 is 9.88 Å². The first kappa shape index (κ1) is 15.5. The fourth-order valence-corrected chi connectivity index (χ4v) is 2.05. The summed E-state index contributed by atoms with van der Waals surface area (Å²) in [5.74, 6) is -0.146. The molecule has 0 saturated carbocycles. The van der Waals surface area contributed by atoms with Gasteiger partial charge in [-0.05, 0) is 18.9 Å². The monoisotopic (exact) mass is 264 g/mol. The lowest BCUT2D eigenvalue weighted by atomic mass is 10.0. The first-order valence-electron chi connectivity index (χ1n) is 7.06. The lowest BCUT2D eigenvalue weighted by molar-refractivity contribution is 0.0932. The Morgan fingerprint density at radius 1 is 1.32 bits per heavy atom. The topological polar surface area (TPSA) is 51.1 Å². The van der Waals surface area contributed by atoms with Crippen LogP contribution in [0.2, 0.25) is 0 Å². The molecule has 1 heterocycles. The molecule has 1 unspecified atom stereocenters. The van der Waals surface area contributed by atoms with Crippen molar-refractivity contribution in [3.05, 3.63) is 34.2 Å². The van der Waals surface area contributed by atoms with Gasteiger partial charge in [0.25, 0.3) is 11.5 Å². The normalized spacial score (nSPS) is 12.2. The van der Waals surface area contributed by atoms with Gasteiger partial charge in [-0.15, -0.1) is 0 Å². The Morgan fingerprint density at radius 3 is 2.63 bits per heavy atom. The third-order valence-corrected chi connectivity index (χ3v) is 3.24. The summed E-state index contributed by atoms with van der Waals surface area (Å²) in [5, 5.41) is 3.03. The second-order valence-corrected chi connectivity index (χ2v) is 4.97.